The fourth-order valence-electron chi connectivity index (χ4n) is 5.75. The molecule has 35 heavy (non-hydrogen) atoms. The summed E-state index contributed by atoms with van der Waals surface area (Å²) in [5.74, 6) is -0.0294. The number of nitrogens with zero attached hydrogens (tertiary/aromatic N) is 3. The van der Waals surface area contributed by atoms with Crippen LogP contribution in [0.4, 0.5) is 18.0 Å². The topological polar surface area (TPSA) is 78.5 Å². The number of hydrogen-bond acceptors (Lipinski definition) is 4. The lowest BCUT2D eigenvalue weighted by Crippen LogP contribution is -2.34. The fraction of sp³-hybridized carbons (Fsp3) is 0.560. The molecule has 3 aliphatic rings. The number of H-pyrrole nitrogens is 1. The Morgan fingerprint density at radius 1 is 1.03 bits per heavy atom. The summed E-state index contributed by atoms with van der Waals surface area (Å²) in [6.45, 7) is 6.96. The van der Waals surface area contributed by atoms with Gasteiger partial charge in [0.1, 0.15) is 5.60 Å². The van der Waals surface area contributed by atoms with Crippen LogP contribution in [0.1, 0.15) is 72.4 Å². The van der Waals surface area contributed by atoms with Gasteiger partial charge in [-0.1, -0.05) is 18.2 Å². The Kier molecular flexibility index (Phi) is 5.60. The number of likely N-dealkylation sites (tertiary alicyclic amines) is 1. The average molecular weight is 491 g/mol. The van der Waals surface area contributed by atoms with E-state index in [0.29, 0.717) is 49.3 Å². The fourth-order valence-corrected chi connectivity index (χ4v) is 5.75. The van der Waals surface area contributed by atoms with Gasteiger partial charge in [0.25, 0.3) is 5.91 Å². The van der Waals surface area contributed by atoms with Crippen molar-refractivity contribution in [2.45, 2.75) is 64.4 Å². The van der Waals surface area contributed by atoms with Crippen molar-refractivity contribution < 1.29 is 27.5 Å². The van der Waals surface area contributed by atoms with E-state index in [9.17, 15) is 22.8 Å². The summed E-state index contributed by atoms with van der Waals surface area (Å²) in [5.41, 5.74) is 0.928. The number of benzene rings is 1. The molecule has 7 nitrogen and oxygen atoms in total. The Hall–Kier alpha value is -3.04. The number of ether oxygens (including phenoxy) is 1. The van der Waals surface area contributed by atoms with E-state index in [1.165, 1.54) is 11.0 Å². The van der Waals surface area contributed by atoms with Crippen LogP contribution < -0.4 is 0 Å². The molecule has 1 saturated heterocycles. The van der Waals surface area contributed by atoms with Gasteiger partial charge >= 0.3 is 12.3 Å². The van der Waals surface area contributed by atoms with Crippen LogP contribution in [-0.2, 0) is 24.0 Å². The molecule has 0 bridgehead atoms. The van der Waals surface area contributed by atoms with Gasteiger partial charge in [0, 0.05) is 18.7 Å². The minimum atomic E-state index is -4.37. The van der Waals surface area contributed by atoms with Gasteiger partial charge in [0.15, 0.2) is 5.69 Å². The molecule has 3 atom stereocenters. The number of aromatic nitrogens is 2. The summed E-state index contributed by atoms with van der Waals surface area (Å²) in [4.78, 5) is 29.0. The number of amides is 2. The zero-order chi connectivity index (χ0) is 25.1. The van der Waals surface area contributed by atoms with E-state index in [2.05, 4.69) is 10.2 Å². The predicted octanol–water partition coefficient (Wildman–Crippen LogP) is 4.95. The van der Waals surface area contributed by atoms with Crippen LogP contribution in [-0.4, -0.2) is 50.7 Å². The Bertz CT molecular complexity index is 1140. The zero-order valence-corrected chi connectivity index (χ0v) is 20.0. The normalized spacial score (nSPS) is 24.0. The van der Waals surface area contributed by atoms with E-state index < -0.39 is 23.4 Å². The Balaban J connectivity index is 1.24. The van der Waals surface area contributed by atoms with Gasteiger partial charge in [-0.05, 0) is 63.0 Å². The largest absolute Gasteiger partial charge is 0.444 e. The molecule has 2 aromatic rings. The molecule has 2 amide bonds. The highest BCUT2D eigenvalue weighted by atomic mass is 19.4. The molecule has 2 aliphatic heterocycles. The highest BCUT2D eigenvalue weighted by molar-refractivity contribution is 5.94. The second kappa shape index (κ2) is 8.27. The van der Waals surface area contributed by atoms with E-state index in [1.54, 1.807) is 37.8 Å². The van der Waals surface area contributed by atoms with E-state index in [-0.39, 0.29) is 30.2 Å². The van der Waals surface area contributed by atoms with Crippen molar-refractivity contribution in [2.75, 3.05) is 13.1 Å². The van der Waals surface area contributed by atoms with Crippen molar-refractivity contribution >= 4 is 12.0 Å². The molecule has 1 N–H and O–H groups in total. The summed E-state index contributed by atoms with van der Waals surface area (Å²) < 4.78 is 45.9. The van der Waals surface area contributed by atoms with E-state index in [1.807, 2.05) is 0 Å². The zero-order valence-electron chi connectivity index (χ0n) is 20.0. The Labute approximate surface area is 201 Å². The van der Waals surface area contributed by atoms with Crippen molar-refractivity contribution in [1.82, 2.24) is 20.0 Å². The maximum absolute atomic E-state index is 13.5. The summed E-state index contributed by atoms with van der Waals surface area (Å²) >= 11 is 0. The lowest BCUT2D eigenvalue weighted by molar-refractivity contribution is -0.138. The molecule has 3 heterocycles. The first-order valence-corrected chi connectivity index (χ1v) is 11.9. The first-order valence-electron chi connectivity index (χ1n) is 11.9. The summed E-state index contributed by atoms with van der Waals surface area (Å²) in [6.07, 6.45) is -3.55. The molecule has 1 aromatic carbocycles. The van der Waals surface area contributed by atoms with Crippen molar-refractivity contribution in [1.29, 1.82) is 0 Å². The molecule has 10 heteroatoms. The second-order valence-corrected chi connectivity index (χ2v) is 10.8. The predicted molar refractivity (Wildman–Crippen MR) is 120 cm³/mol. The molecule has 1 aliphatic carbocycles. The van der Waals surface area contributed by atoms with Crippen LogP contribution in [0, 0.1) is 11.8 Å². The molecular formula is C25H29F3N4O3. The van der Waals surface area contributed by atoms with Crippen LogP contribution in [0.2, 0.25) is 0 Å². The third-order valence-corrected chi connectivity index (χ3v) is 7.25. The van der Waals surface area contributed by atoms with E-state index >= 15 is 0 Å². The highest BCUT2D eigenvalue weighted by Crippen LogP contribution is 2.49. The van der Waals surface area contributed by atoms with Crippen LogP contribution in [0.5, 0.6) is 0 Å². The highest BCUT2D eigenvalue weighted by Gasteiger charge is 2.46. The standard InChI is InChI=1S/C25H29F3N4O3/c1-24(2,3)35-23(34)32-12-18-20(13-32)29-30-21(18)22(33)31-10-15-8-14(9-16(15)11-31)17-6-4-5-7-19(17)25(26,27)28/h4-7,14-16H,8-13H2,1-3H3,(H,29,30)/t14?,15-,16?/m0/s1. The lowest BCUT2D eigenvalue weighted by Gasteiger charge is -2.24. The lowest BCUT2D eigenvalue weighted by atomic mass is 9.91. The molecule has 5 rings (SSSR count). The summed E-state index contributed by atoms with van der Waals surface area (Å²) in [7, 11) is 0. The van der Waals surface area contributed by atoms with Crippen LogP contribution in [0.15, 0.2) is 24.3 Å². The van der Waals surface area contributed by atoms with Gasteiger partial charge in [0.05, 0.1) is 24.3 Å². The minimum Gasteiger partial charge on any atom is -0.444 e. The van der Waals surface area contributed by atoms with Crippen LogP contribution in [0.25, 0.3) is 0 Å². The molecule has 2 unspecified atom stereocenters. The number of nitrogens with one attached hydrogen (secondary N) is 1. The van der Waals surface area contributed by atoms with Gasteiger partial charge in [0.2, 0.25) is 0 Å². The number of alkyl halides is 3. The smallest absolute Gasteiger partial charge is 0.416 e. The molecule has 188 valence electrons. The number of carbonyl (C=O) groups excluding carboxylic acids is 2. The van der Waals surface area contributed by atoms with Crippen molar-refractivity contribution in [2.24, 2.45) is 11.8 Å². The SMILES string of the molecule is CC(C)(C)OC(=O)N1Cc2[nH]nc(C(=O)N3CC4CC(c5ccccc5C(F)(F)F)C[C@H]4C3)c2C1. The number of hydrogen-bond donors (Lipinski definition) is 1. The summed E-state index contributed by atoms with van der Waals surface area (Å²) in [6, 6.07) is 5.82. The van der Waals surface area contributed by atoms with Crippen molar-refractivity contribution in [3.8, 4) is 0 Å². The number of carbonyl (C=O) groups is 2. The number of aromatic amines is 1. The number of rotatable bonds is 2. The maximum Gasteiger partial charge on any atom is 0.416 e. The molecule has 0 spiro atoms. The first-order chi connectivity index (χ1) is 16.4. The molecule has 0 radical (unpaired) electrons. The first kappa shape index (κ1) is 23.7. The van der Waals surface area contributed by atoms with Crippen LogP contribution >= 0.6 is 0 Å². The van der Waals surface area contributed by atoms with Gasteiger partial charge < -0.3 is 9.64 Å². The van der Waals surface area contributed by atoms with Gasteiger partial charge in [-0.25, -0.2) is 4.79 Å². The molecule has 1 saturated carbocycles. The van der Waals surface area contributed by atoms with Gasteiger partial charge in [-0.2, -0.15) is 18.3 Å². The van der Waals surface area contributed by atoms with Gasteiger partial charge in [-0.15, -0.1) is 0 Å². The summed E-state index contributed by atoms with van der Waals surface area (Å²) in [5, 5.41) is 7.11. The van der Waals surface area contributed by atoms with Crippen LogP contribution in [0.3, 0.4) is 0 Å². The number of fused-ring (bicyclic) bond motifs is 2. The quantitative estimate of drug-likeness (QED) is 0.647. The van der Waals surface area contributed by atoms with Crippen molar-refractivity contribution in [3.63, 3.8) is 0 Å². The van der Waals surface area contributed by atoms with Gasteiger partial charge in [-0.3, -0.25) is 14.8 Å². The van der Waals surface area contributed by atoms with E-state index in [4.69, 9.17) is 4.74 Å². The van der Waals surface area contributed by atoms with E-state index in [0.717, 1.165) is 11.8 Å². The average Bonchev–Trinajstić information content (AvgIpc) is 3.50. The third-order valence-electron chi connectivity index (χ3n) is 7.25. The Morgan fingerprint density at radius 2 is 1.69 bits per heavy atom. The second-order valence-electron chi connectivity index (χ2n) is 10.8. The van der Waals surface area contributed by atoms with Crippen molar-refractivity contribution in [3.05, 3.63) is 52.3 Å². The maximum atomic E-state index is 13.5. The molecule has 1 aromatic heterocycles. The Morgan fingerprint density at radius 3 is 2.31 bits per heavy atom. The minimum absolute atomic E-state index is 0.155. The number of halogens is 3. The monoisotopic (exact) mass is 490 g/mol. The molecular weight excluding hydrogens is 461 g/mol. The third kappa shape index (κ3) is 4.50. The molecule has 2 fully saturated rings.